The highest BCUT2D eigenvalue weighted by Crippen LogP contribution is 2.19. The molecule has 1 amide bonds. The lowest BCUT2D eigenvalue weighted by Crippen LogP contribution is -2.41. The van der Waals surface area contributed by atoms with Crippen molar-refractivity contribution in [3.05, 3.63) is 23.0 Å². The molecule has 0 radical (unpaired) electrons. The van der Waals surface area contributed by atoms with Crippen molar-refractivity contribution in [1.82, 2.24) is 9.88 Å². The van der Waals surface area contributed by atoms with Gasteiger partial charge < -0.3 is 15.0 Å². The summed E-state index contributed by atoms with van der Waals surface area (Å²) in [6, 6.07) is 1.56. The molecule has 0 saturated heterocycles. The van der Waals surface area contributed by atoms with Gasteiger partial charge in [0.05, 0.1) is 17.7 Å². The van der Waals surface area contributed by atoms with E-state index in [1.807, 2.05) is 32.3 Å². The van der Waals surface area contributed by atoms with Crippen molar-refractivity contribution in [3.8, 4) is 0 Å². The van der Waals surface area contributed by atoms with Crippen LogP contribution in [-0.2, 0) is 0 Å². The maximum Gasteiger partial charge on any atom is 0.268 e. The third kappa shape index (κ3) is 3.50. The van der Waals surface area contributed by atoms with Gasteiger partial charge in [0.1, 0.15) is 5.69 Å². The fourth-order valence-corrected chi connectivity index (χ4v) is 1.93. The van der Waals surface area contributed by atoms with E-state index in [1.54, 1.807) is 12.3 Å². The minimum atomic E-state index is -0.244. The SMILES string of the molecule is CC(C)C(CO)NC(=O)c1cc(Cl)cn1C(C)C. The summed E-state index contributed by atoms with van der Waals surface area (Å²) < 4.78 is 1.83. The van der Waals surface area contributed by atoms with Crippen LogP contribution in [0.1, 0.15) is 44.2 Å². The molecule has 0 aliphatic carbocycles. The smallest absolute Gasteiger partial charge is 0.268 e. The Morgan fingerprint density at radius 1 is 1.44 bits per heavy atom. The molecule has 1 atom stereocenters. The highest BCUT2D eigenvalue weighted by Gasteiger charge is 2.20. The maximum absolute atomic E-state index is 12.2. The quantitative estimate of drug-likeness (QED) is 0.865. The van der Waals surface area contributed by atoms with E-state index in [9.17, 15) is 9.90 Å². The molecule has 0 spiro atoms. The first-order chi connectivity index (χ1) is 8.36. The van der Waals surface area contributed by atoms with Gasteiger partial charge in [-0.25, -0.2) is 0 Å². The number of aliphatic hydroxyl groups is 1. The fourth-order valence-electron chi connectivity index (χ4n) is 1.72. The van der Waals surface area contributed by atoms with Crippen LogP contribution in [-0.4, -0.2) is 28.2 Å². The van der Waals surface area contributed by atoms with Crippen molar-refractivity contribution in [2.24, 2.45) is 5.92 Å². The first-order valence-electron chi connectivity index (χ1n) is 6.16. The fraction of sp³-hybridized carbons (Fsp3) is 0.615. The second-order valence-corrected chi connectivity index (χ2v) is 5.49. The topological polar surface area (TPSA) is 54.3 Å². The van der Waals surface area contributed by atoms with E-state index in [1.165, 1.54) is 0 Å². The summed E-state index contributed by atoms with van der Waals surface area (Å²) in [4.78, 5) is 12.2. The van der Waals surface area contributed by atoms with E-state index in [4.69, 9.17) is 11.6 Å². The molecule has 0 fully saturated rings. The van der Waals surface area contributed by atoms with Gasteiger partial charge in [0.15, 0.2) is 0 Å². The Kier molecular flexibility index (Phi) is 5.23. The predicted molar refractivity (Wildman–Crippen MR) is 73.0 cm³/mol. The molecule has 1 heterocycles. The predicted octanol–water partition coefficient (Wildman–Crippen LogP) is 2.47. The highest BCUT2D eigenvalue weighted by atomic mass is 35.5. The Morgan fingerprint density at radius 3 is 2.50 bits per heavy atom. The molecule has 1 aromatic rings. The zero-order valence-corrected chi connectivity index (χ0v) is 12.0. The normalized spacial score (nSPS) is 13.1. The van der Waals surface area contributed by atoms with Crippen LogP contribution in [0.25, 0.3) is 0 Å². The van der Waals surface area contributed by atoms with Crippen LogP contribution in [0.2, 0.25) is 5.02 Å². The minimum Gasteiger partial charge on any atom is -0.394 e. The molecule has 2 N–H and O–H groups in total. The lowest BCUT2D eigenvalue weighted by atomic mass is 10.1. The van der Waals surface area contributed by atoms with E-state index in [-0.39, 0.29) is 30.5 Å². The highest BCUT2D eigenvalue weighted by molar-refractivity contribution is 6.31. The largest absolute Gasteiger partial charge is 0.394 e. The van der Waals surface area contributed by atoms with Gasteiger partial charge in [-0.05, 0) is 25.8 Å². The molecule has 0 saturated carbocycles. The number of hydrogen-bond donors (Lipinski definition) is 2. The molecule has 1 rings (SSSR count). The van der Waals surface area contributed by atoms with Gasteiger partial charge in [0.2, 0.25) is 0 Å². The van der Waals surface area contributed by atoms with Crippen LogP contribution in [0.4, 0.5) is 0 Å². The van der Waals surface area contributed by atoms with Crippen LogP contribution >= 0.6 is 11.6 Å². The van der Waals surface area contributed by atoms with Crippen molar-refractivity contribution >= 4 is 17.5 Å². The van der Waals surface area contributed by atoms with Gasteiger partial charge >= 0.3 is 0 Å². The number of carbonyl (C=O) groups excluding carboxylic acids is 1. The Hall–Kier alpha value is -1.00. The number of nitrogens with one attached hydrogen (secondary N) is 1. The number of aliphatic hydroxyl groups excluding tert-OH is 1. The molecular weight excluding hydrogens is 252 g/mol. The molecule has 1 aromatic heterocycles. The summed E-state index contributed by atoms with van der Waals surface area (Å²) in [5, 5.41) is 12.6. The van der Waals surface area contributed by atoms with Gasteiger partial charge in [-0.1, -0.05) is 25.4 Å². The monoisotopic (exact) mass is 272 g/mol. The molecule has 0 aromatic carbocycles. The molecule has 4 nitrogen and oxygen atoms in total. The first kappa shape index (κ1) is 15.1. The zero-order valence-electron chi connectivity index (χ0n) is 11.3. The molecule has 1 unspecified atom stereocenters. The van der Waals surface area contributed by atoms with Crippen LogP contribution in [0, 0.1) is 5.92 Å². The van der Waals surface area contributed by atoms with E-state index in [2.05, 4.69) is 5.32 Å². The number of aromatic nitrogens is 1. The van der Waals surface area contributed by atoms with E-state index in [0.29, 0.717) is 10.7 Å². The van der Waals surface area contributed by atoms with Gasteiger partial charge in [-0.3, -0.25) is 4.79 Å². The van der Waals surface area contributed by atoms with Gasteiger partial charge in [0.25, 0.3) is 5.91 Å². The number of hydrogen-bond acceptors (Lipinski definition) is 2. The van der Waals surface area contributed by atoms with Gasteiger partial charge in [-0.15, -0.1) is 0 Å². The van der Waals surface area contributed by atoms with Gasteiger partial charge in [-0.2, -0.15) is 0 Å². The lowest BCUT2D eigenvalue weighted by molar-refractivity contribution is 0.0886. The molecule has 5 heteroatoms. The second kappa shape index (κ2) is 6.25. The minimum absolute atomic E-state index is 0.0699. The van der Waals surface area contributed by atoms with Crippen molar-refractivity contribution < 1.29 is 9.90 Å². The van der Waals surface area contributed by atoms with Crippen LogP contribution in [0.5, 0.6) is 0 Å². The second-order valence-electron chi connectivity index (χ2n) is 5.05. The lowest BCUT2D eigenvalue weighted by Gasteiger charge is -2.21. The van der Waals surface area contributed by atoms with Crippen molar-refractivity contribution in [2.45, 2.75) is 39.8 Å². The summed E-state index contributed by atoms with van der Waals surface area (Å²) >= 11 is 5.94. The number of rotatable bonds is 5. The standard InChI is InChI=1S/C13H21ClN2O2/c1-8(2)11(7-17)15-13(18)12-5-10(14)6-16(12)9(3)4/h5-6,8-9,11,17H,7H2,1-4H3,(H,15,18). The number of carbonyl (C=O) groups is 1. The Balaban J connectivity index is 2.90. The molecule has 0 aliphatic heterocycles. The van der Waals surface area contributed by atoms with Crippen LogP contribution < -0.4 is 5.32 Å². The Bertz CT molecular complexity index is 413. The number of nitrogens with zero attached hydrogens (tertiary/aromatic N) is 1. The van der Waals surface area contributed by atoms with Crippen molar-refractivity contribution in [2.75, 3.05) is 6.61 Å². The van der Waals surface area contributed by atoms with Crippen LogP contribution in [0.3, 0.4) is 0 Å². The third-order valence-electron chi connectivity index (χ3n) is 2.92. The van der Waals surface area contributed by atoms with E-state index >= 15 is 0 Å². The van der Waals surface area contributed by atoms with Crippen LogP contribution in [0.15, 0.2) is 12.3 Å². The van der Waals surface area contributed by atoms with Crippen molar-refractivity contribution in [3.63, 3.8) is 0 Å². The average molecular weight is 273 g/mol. The zero-order chi connectivity index (χ0) is 13.9. The summed E-state index contributed by atoms with van der Waals surface area (Å²) in [5.41, 5.74) is 0.522. The number of halogens is 1. The summed E-state index contributed by atoms with van der Waals surface area (Å²) in [5.74, 6) is -0.0276. The summed E-state index contributed by atoms with van der Waals surface area (Å²) in [7, 11) is 0. The Morgan fingerprint density at radius 2 is 2.06 bits per heavy atom. The third-order valence-corrected chi connectivity index (χ3v) is 3.13. The maximum atomic E-state index is 12.2. The molecular formula is C13H21ClN2O2. The first-order valence-corrected chi connectivity index (χ1v) is 6.53. The Labute approximate surface area is 113 Å². The van der Waals surface area contributed by atoms with Crippen molar-refractivity contribution in [1.29, 1.82) is 0 Å². The summed E-state index contributed by atoms with van der Waals surface area (Å²) in [6.45, 7) is 7.81. The number of amides is 1. The van der Waals surface area contributed by atoms with Gasteiger partial charge in [0, 0.05) is 12.2 Å². The molecule has 102 valence electrons. The average Bonchev–Trinajstić information content (AvgIpc) is 2.67. The van der Waals surface area contributed by atoms with E-state index < -0.39 is 0 Å². The molecule has 18 heavy (non-hydrogen) atoms. The molecule has 0 bridgehead atoms. The summed E-state index contributed by atoms with van der Waals surface area (Å²) in [6.07, 6.45) is 1.74. The van der Waals surface area contributed by atoms with E-state index in [0.717, 1.165) is 0 Å². The molecule has 0 aliphatic rings.